The SMILES string of the molecule is CCC/C(=N\C(C)(C)C)c1cnc2c(ccn2C)c1. The van der Waals surface area contributed by atoms with Crippen LogP contribution in [-0.2, 0) is 7.05 Å². The van der Waals surface area contributed by atoms with Crippen molar-refractivity contribution in [2.45, 2.75) is 46.1 Å². The molecule has 0 saturated carbocycles. The Morgan fingerprint density at radius 1 is 1.37 bits per heavy atom. The Bertz CT molecular complexity index is 600. The van der Waals surface area contributed by atoms with Gasteiger partial charge in [-0.2, -0.15) is 0 Å². The molecule has 0 N–H and O–H groups in total. The topological polar surface area (TPSA) is 30.2 Å². The highest BCUT2D eigenvalue weighted by atomic mass is 15.0. The van der Waals surface area contributed by atoms with Crippen LogP contribution in [0.5, 0.6) is 0 Å². The van der Waals surface area contributed by atoms with Crippen LogP contribution in [0.2, 0.25) is 0 Å². The molecule has 0 aliphatic carbocycles. The summed E-state index contributed by atoms with van der Waals surface area (Å²) in [5.74, 6) is 0. The van der Waals surface area contributed by atoms with E-state index in [1.54, 1.807) is 0 Å². The maximum Gasteiger partial charge on any atom is 0.139 e. The normalized spacial score (nSPS) is 13.2. The van der Waals surface area contributed by atoms with Gasteiger partial charge in [0, 0.05) is 36.1 Å². The van der Waals surface area contributed by atoms with Crippen molar-refractivity contribution in [2.75, 3.05) is 0 Å². The average molecular weight is 257 g/mol. The maximum atomic E-state index is 4.85. The van der Waals surface area contributed by atoms with Crippen molar-refractivity contribution in [3.63, 3.8) is 0 Å². The van der Waals surface area contributed by atoms with Gasteiger partial charge >= 0.3 is 0 Å². The van der Waals surface area contributed by atoms with Gasteiger partial charge in [0.15, 0.2) is 0 Å². The molecule has 2 aromatic heterocycles. The Labute approximate surface area is 115 Å². The second-order valence-corrected chi connectivity index (χ2v) is 6.04. The molecule has 0 bridgehead atoms. The number of hydrogen-bond acceptors (Lipinski definition) is 2. The van der Waals surface area contributed by atoms with Crippen LogP contribution < -0.4 is 0 Å². The van der Waals surface area contributed by atoms with E-state index in [0.29, 0.717) is 0 Å². The third-order valence-electron chi connectivity index (χ3n) is 3.00. The third kappa shape index (κ3) is 3.22. The number of aliphatic imine (C=N–C) groups is 1. The van der Waals surface area contributed by atoms with Crippen LogP contribution >= 0.6 is 0 Å². The molecule has 3 nitrogen and oxygen atoms in total. The third-order valence-corrected chi connectivity index (χ3v) is 3.00. The highest BCUT2D eigenvalue weighted by Crippen LogP contribution is 2.18. The molecule has 2 heterocycles. The van der Waals surface area contributed by atoms with Crippen molar-refractivity contribution < 1.29 is 0 Å². The Hall–Kier alpha value is -1.64. The molecule has 0 saturated heterocycles. The summed E-state index contributed by atoms with van der Waals surface area (Å²) in [6, 6.07) is 4.30. The van der Waals surface area contributed by atoms with Crippen molar-refractivity contribution >= 4 is 16.7 Å². The largest absolute Gasteiger partial charge is 0.336 e. The summed E-state index contributed by atoms with van der Waals surface area (Å²) in [7, 11) is 2.02. The number of rotatable bonds is 3. The number of pyridine rings is 1. The molecule has 3 heteroatoms. The Morgan fingerprint density at radius 2 is 2.11 bits per heavy atom. The first kappa shape index (κ1) is 13.8. The van der Waals surface area contributed by atoms with E-state index in [0.717, 1.165) is 29.8 Å². The predicted octanol–water partition coefficient (Wildman–Crippen LogP) is 3.96. The zero-order chi connectivity index (χ0) is 14.0. The van der Waals surface area contributed by atoms with Crippen molar-refractivity contribution in [3.8, 4) is 0 Å². The van der Waals surface area contributed by atoms with Gasteiger partial charge in [-0.25, -0.2) is 4.98 Å². The lowest BCUT2D eigenvalue weighted by molar-refractivity contribution is 0.581. The molecular formula is C16H23N3. The monoisotopic (exact) mass is 257 g/mol. The molecule has 0 atom stereocenters. The zero-order valence-electron chi connectivity index (χ0n) is 12.6. The first-order valence-corrected chi connectivity index (χ1v) is 6.91. The van der Waals surface area contributed by atoms with Crippen molar-refractivity contribution in [1.29, 1.82) is 0 Å². The first-order chi connectivity index (χ1) is 8.90. The molecule has 2 aromatic rings. The molecule has 19 heavy (non-hydrogen) atoms. The molecule has 102 valence electrons. The van der Waals surface area contributed by atoms with E-state index >= 15 is 0 Å². The summed E-state index contributed by atoms with van der Waals surface area (Å²) in [5, 5.41) is 1.18. The number of aryl methyl sites for hydroxylation is 1. The number of hydrogen-bond donors (Lipinski definition) is 0. The first-order valence-electron chi connectivity index (χ1n) is 6.91. The molecular weight excluding hydrogens is 234 g/mol. The number of fused-ring (bicyclic) bond motifs is 1. The van der Waals surface area contributed by atoms with Crippen LogP contribution in [0.4, 0.5) is 0 Å². The zero-order valence-corrected chi connectivity index (χ0v) is 12.6. The lowest BCUT2D eigenvalue weighted by Gasteiger charge is -2.16. The standard InChI is InChI=1S/C16H23N3/c1-6-7-14(18-16(2,3)4)13-10-12-8-9-19(5)15(12)17-11-13/h8-11H,6-7H2,1-5H3/b18-14+. The maximum absolute atomic E-state index is 4.85. The molecule has 0 amide bonds. The fraction of sp³-hybridized carbons (Fsp3) is 0.500. The van der Waals surface area contributed by atoms with Crippen molar-refractivity contribution in [2.24, 2.45) is 12.0 Å². The van der Waals surface area contributed by atoms with Crippen LogP contribution in [0, 0.1) is 0 Å². The Kier molecular flexibility index (Phi) is 3.74. The van der Waals surface area contributed by atoms with Gasteiger partial charge < -0.3 is 4.57 Å². The van der Waals surface area contributed by atoms with Crippen LogP contribution in [0.25, 0.3) is 11.0 Å². The van der Waals surface area contributed by atoms with Crippen LogP contribution in [-0.4, -0.2) is 20.8 Å². The van der Waals surface area contributed by atoms with Gasteiger partial charge in [0.05, 0.1) is 5.54 Å². The minimum atomic E-state index is -0.0455. The molecule has 0 unspecified atom stereocenters. The van der Waals surface area contributed by atoms with Gasteiger partial charge in [-0.3, -0.25) is 4.99 Å². The Morgan fingerprint density at radius 3 is 2.74 bits per heavy atom. The fourth-order valence-electron chi connectivity index (χ4n) is 2.22. The number of aromatic nitrogens is 2. The van der Waals surface area contributed by atoms with Gasteiger partial charge in [0.25, 0.3) is 0 Å². The van der Waals surface area contributed by atoms with E-state index in [1.165, 1.54) is 5.39 Å². The van der Waals surface area contributed by atoms with E-state index in [4.69, 9.17) is 4.99 Å². The van der Waals surface area contributed by atoms with Crippen LogP contribution in [0.15, 0.2) is 29.5 Å². The molecule has 0 spiro atoms. The summed E-state index contributed by atoms with van der Waals surface area (Å²) >= 11 is 0. The van der Waals surface area contributed by atoms with E-state index in [9.17, 15) is 0 Å². The summed E-state index contributed by atoms with van der Waals surface area (Å²) in [6.07, 6.45) is 6.09. The van der Waals surface area contributed by atoms with E-state index in [-0.39, 0.29) is 5.54 Å². The molecule has 0 aliphatic rings. The predicted molar refractivity (Wildman–Crippen MR) is 81.9 cm³/mol. The summed E-state index contributed by atoms with van der Waals surface area (Å²) in [4.78, 5) is 9.41. The summed E-state index contributed by atoms with van der Waals surface area (Å²) < 4.78 is 2.04. The highest BCUT2D eigenvalue weighted by Gasteiger charge is 2.12. The average Bonchev–Trinajstić information content (AvgIpc) is 2.68. The van der Waals surface area contributed by atoms with Gasteiger partial charge in [-0.1, -0.05) is 13.3 Å². The highest BCUT2D eigenvalue weighted by molar-refractivity contribution is 6.02. The van der Waals surface area contributed by atoms with Crippen LogP contribution in [0.3, 0.4) is 0 Å². The molecule has 0 radical (unpaired) electrons. The smallest absolute Gasteiger partial charge is 0.139 e. The van der Waals surface area contributed by atoms with Gasteiger partial charge in [0.2, 0.25) is 0 Å². The van der Waals surface area contributed by atoms with E-state index in [1.807, 2.05) is 24.0 Å². The van der Waals surface area contributed by atoms with E-state index in [2.05, 4.69) is 44.8 Å². The number of nitrogens with zero attached hydrogens (tertiary/aromatic N) is 3. The van der Waals surface area contributed by atoms with Crippen LogP contribution in [0.1, 0.15) is 46.1 Å². The minimum Gasteiger partial charge on any atom is -0.336 e. The summed E-state index contributed by atoms with van der Waals surface area (Å²) in [5.41, 5.74) is 3.29. The van der Waals surface area contributed by atoms with Gasteiger partial charge in [-0.05, 0) is 39.3 Å². The van der Waals surface area contributed by atoms with Crippen molar-refractivity contribution in [3.05, 3.63) is 30.1 Å². The second kappa shape index (κ2) is 5.16. The molecule has 0 aromatic carbocycles. The molecule has 2 rings (SSSR count). The molecule has 0 aliphatic heterocycles. The molecule has 0 fully saturated rings. The Balaban J connectivity index is 2.47. The lowest BCUT2D eigenvalue weighted by Crippen LogP contribution is -2.15. The summed E-state index contributed by atoms with van der Waals surface area (Å²) in [6.45, 7) is 8.60. The quantitative estimate of drug-likeness (QED) is 0.765. The minimum absolute atomic E-state index is 0.0455. The lowest BCUT2D eigenvalue weighted by atomic mass is 10.0. The second-order valence-electron chi connectivity index (χ2n) is 6.04. The van der Waals surface area contributed by atoms with Crippen molar-refractivity contribution in [1.82, 2.24) is 9.55 Å². The van der Waals surface area contributed by atoms with Gasteiger partial charge in [-0.15, -0.1) is 0 Å². The van der Waals surface area contributed by atoms with E-state index < -0.39 is 0 Å². The fourth-order valence-corrected chi connectivity index (χ4v) is 2.22. The van der Waals surface area contributed by atoms with Gasteiger partial charge in [0.1, 0.15) is 5.65 Å².